The Hall–Kier alpha value is -1.97. The second kappa shape index (κ2) is 8.93. The maximum atomic E-state index is 12.1. The minimum Gasteiger partial charge on any atom is -0.495 e. The lowest BCUT2D eigenvalue weighted by molar-refractivity contribution is -0.124. The predicted molar refractivity (Wildman–Crippen MR) is 96.4 cm³/mol. The molecule has 8 nitrogen and oxygen atoms in total. The smallest absolute Gasteiger partial charge is 0.234 e. The molecule has 1 aliphatic rings. The number of halogens is 1. The summed E-state index contributed by atoms with van der Waals surface area (Å²) in [6, 6.07) is 4.57. The molecule has 0 radical (unpaired) electrons. The van der Waals surface area contributed by atoms with E-state index in [1.165, 1.54) is 18.9 Å². The lowest BCUT2D eigenvalue weighted by atomic mass is 10.1. The van der Waals surface area contributed by atoms with E-state index in [2.05, 4.69) is 16.0 Å². The molecule has 5 N–H and O–H groups in total. The van der Waals surface area contributed by atoms with Gasteiger partial charge in [0.2, 0.25) is 17.7 Å². The Bertz CT molecular complexity index is 671. The van der Waals surface area contributed by atoms with Crippen molar-refractivity contribution in [2.75, 3.05) is 18.2 Å². The van der Waals surface area contributed by atoms with Crippen LogP contribution < -0.4 is 26.4 Å². The summed E-state index contributed by atoms with van der Waals surface area (Å²) in [7, 11) is 1.49. The molecule has 25 heavy (non-hydrogen) atoms. The third kappa shape index (κ3) is 6.11. The molecule has 1 aliphatic heterocycles. The molecule has 2 rings (SSSR count). The van der Waals surface area contributed by atoms with E-state index in [0.717, 1.165) is 0 Å². The van der Waals surface area contributed by atoms with Gasteiger partial charge in [-0.1, -0.05) is 11.6 Å². The molecule has 136 valence electrons. The van der Waals surface area contributed by atoms with Gasteiger partial charge in [0.25, 0.3) is 0 Å². The molecule has 1 aromatic rings. The van der Waals surface area contributed by atoms with Crippen molar-refractivity contribution in [3.8, 4) is 5.75 Å². The van der Waals surface area contributed by atoms with Gasteiger partial charge >= 0.3 is 0 Å². The van der Waals surface area contributed by atoms with Crippen LogP contribution in [0.15, 0.2) is 18.2 Å². The molecule has 0 spiro atoms. The van der Waals surface area contributed by atoms with Crippen molar-refractivity contribution in [1.29, 1.82) is 0 Å². The van der Waals surface area contributed by atoms with Crippen LogP contribution in [0.2, 0.25) is 5.02 Å². The molecular weight excluding hydrogens is 368 g/mol. The molecule has 2 unspecified atom stereocenters. The predicted octanol–water partition coefficient (Wildman–Crippen LogP) is 0.657. The summed E-state index contributed by atoms with van der Waals surface area (Å²) in [5.41, 5.74) is 5.15. The summed E-state index contributed by atoms with van der Waals surface area (Å²) in [4.78, 5) is 34.8. The van der Waals surface area contributed by atoms with Crippen LogP contribution in [0, 0.1) is 0 Å². The third-order valence-electron chi connectivity index (χ3n) is 3.38. The summed E-state index contributed by atoms with van der Waals surface area (Å²) in [6.07, 6.45) is 0.238. The largest absolute Gasteiger partial charge is 0.495 e. The number of anilines is 1. The van der Waals surface area contributed by atoms with Crippen LogP contribution in [-0.2, 0) is 14.4 Å². The Morgan fingerprint density at radius 1 is 1.48 bits per heavy atom. The van der Waals surface area contributed by atoms with E-state index in [9.17, 15) is 14.4 Å². The van der Waals surface area contributed by atoms with Crippen LogP contribution in [0.1, 0.15) is 12.8 Å². The molecule has 0 saturated carbocycles. The van der Waals surface area contributed by atoms with Gasteiger partial charge in [0.05, 0.1) is 18.6 Å². The zero-order valence-electron chi connectivity index (χ0n) is 13.5. The fourth-order valence-corrected chi connectivity index (χ4v) is 3.40. The van der Waals surface area contributed by atoms with E-state index >= 15 is 0 Å². The zero-order chi connectivity index (χ0) is 18.4. The van der Waals surface area contributed by atoms with E-state index < -0.39 is 11.4 Å². The van der Waals surface area contributed by atoms with Gasteiger partial charge in [-0.2, -0.15) is 0 Å². The topological polar surface area (TPSA) is 123 Å². The number of nitrogens with one attached hydrogen (secondary N) is 3. The van der Waals surface area contributed by atoms with Crippen LogP contribution in [0.5, 0.6) is 5.75 Å². The van der Waals surface area contributed by atoms with Crippen LogP contribution in [0.3, 0.4) is 0 Å². The van der Waals surface area contributed by atoms with E-state index in [1.54, 1.807) is 18.2 Å². The highest BCUT2D eigenvalue weighted by molar-refractivity contribution is 8.00. The Morgan fingerprint density at radius 2 is 2.24 bits per heavy atom. The number of benzene rings is 1. The lowest BCUT2D eigenvalue weighted by Crippen LogP contribution is -2.55. The van der Waals surface area contributed by atoms with E-state index in [-0.39, 0.29) is 36.5 Å². The number of hydrogen-bond acceptors (Lipinski definition) is 6. The quantitative estimate of drug-likeness (QED) is 0.546. The molecular formula is C15H19ClN4O4S. The van der Waals surface area contributed by atoms with Gasteiger partial charge in [0.15, 0.2) is 0 Å². The van der Waals surface area contributed by atoms with Crippen molar-refractivity contribution >= 4 is 46.8 Å². The van der Waals surface area contributed by atoms with Gasteiger partial charge in [0, 0.05) is 23.9 Å². The van der Waals surface area contributed by atoms with Crippen LogP contribution in [0.4, 0.5) is 5.69 Å². The molecule has 0 bridgehead atoms. The first-order chi connectivity index (χ1) is 11.9. The molecule has 0 aromatic heterocycles. The van der Waals surface area contributed by atoms with Crippen molar-refractivity contribution < 1.29 is 19.1 Å². The summed E-state index contributed by atoms with van der Waals surface area (Å²) in [6.45, 7) is 0. The number of ether oxygens (including phenoxy) is 1. The van der Waals surface area contributed by atoms with Gasteiger partial charge < -0.3 is 21.1 Å². The molecule has 2 atom stereocenters. The van der Waals surface area contributed by atoms with Crippen LogP contribution in [-0.4, -0.2) is 42.1 Å². The summed E-state index contributed by atoms with van der Waals surface area (Å²) in [5.74, 6) is -0.384. The first kappa shape index (κ1) is 19.4. The third-order valence-corrected chi connectivity index (χ3v) is 4.63. The van der Waals surface area contributed by atoms with Crippen molar-refractivity contribution in [3.63, 3.8) is 0 Å². The highest BCUT2D eigenvalue weighted by atomic mass is 35.5. The fourth-order valence-electron chi connectivity index (χ4n) is 2.33. The van der Waals surface area contributed by atoms with Gasteiger partial charge in [-0.3, -0.25) is 19.7 Å². The maximum Gasteiger partial charge on any atom is 0.234 e. The minimum atomic E-state index is -0.484. The summed E-state index contributed by atoms with van der Waals surface area (Å²) in [5, 5.41) is 8.96. The number of thioether (sulfide) groups is 1. The summed E-state index contributed by atoms with van der Waals surface area (Å²) < 4.78 is 5.17. The number of methoxy groups -OCH3 is 1. The van der Waals surface area contributed by atoms with Crippen LogP contribution in [0.25, 0.3) is 0 Å². The molecule has 3 amide bonds. The molecule has 0 aliphatic carbocycles. The normalized spacial score (nSPS) is 19.8. The van der Waals surface area contributed by atoms with Crippen molar-refractivity contribution in [1.82, 2.24) is 10.6 Å². The van der Waals surface area contributed by atoms with E-state index in [4.69, 9.17) is 22.1 Å². The van der Waals surface area contributed by atoms with Gasteiger partial charge in [-0.05, 0) is 18.2 Å². The maximum absolute atomic E-state index is 12.1. The second-order valence-corrected chi connectivity index (χ2v) is 6.92. The molecule has 1 aromatic carbocycles. The average Bonchev–Trinajstić information content (AvgIpc) is 2.52. The standard InChI is InChI=1S/C15H19ClN4O4S/c1-24-11-3-2-8(16)4-10(11)19-14(23)7-25-15-18-9(5-12(17)21)6-13(22)20-15/h2-4,9,15,18H,5-7H2,1H3,(H2,17,21)(H,19,23)(H,20,22). The first-order valence-electron chi connectivity index (χ1n) is 7.46. The molecule has 1 saturated heterocycles. The highest BCUT2D eigenvalue weighted by Crippen LogP contribution is 2.27. The van der Waals surface area contributed by atoms with Crippen molar-refractivity contribution in [2.45, 2.75) is 24.4 Å². The first-order valence-corrected chi connectivity index (χ1v) is 8.88. The van der Waals surface area contributed by atoms with Crippen molar-refractivity contribution in [3.05, 3.63) is 23.2 Å². The van der Waals surface area contributed by atoms with Crippen LogP contribution >= 0.6 is 23.4 Å². The molecule has 1 heterocycles. The molecule has 10 heteroatoms. The minimum absolute atomic E-state index is 0.0659. The van der Waals surface area contributed by atoms with Gasteiger partial charge in [-0.25, -0.2) is 0 Å². The number of rotatable bonds is 7. The molecule has 1 fully saturated rings. The van der Waals surface area contributed by atoms with Gasteiger partial charge in [0.1, 0.15) is 11.2 Å². The second-order valence-electron chi connectivity index (χ2n) is 5.39. The van der Waals surface area contributed by atoms with Gasteiger partial charge in [-0.15, -0.1) is 11.8 Å². The van der Waals surface area contributed by atoms with Crippen molar-refractivity contribution in [2.24, 2.45) is 5.73 Å². The fraction of sp³-hybridized carbons (Fsp3) is 0.400. The monoisotopic (exact) mass is 386 g/mol. The number of carbonyl (C=O) groups excluding carboxylic acids is 3. The zero-order valence-corrected chi connectivity index (χ0v) is 15.1. The lowest BCUT2D eigenvalue weighted by Gasteiger charge is -2.30. The number of nitrogens with two attached hydrogens (primary N) is 1. The number of primary amides is 1. The Kier molecular flexibility index (Phi) is 6.91. The Morgan fingerprint density at radius 3 is 2.92 bits per heavy atom. The highest BCUT2D eigenvalue weighted by Gasteiger charge is 2.27. The number of amides is 3. The SMILES string of the molecule is COc1ccc(Cl)cc1NC(=O)CSC1NC(=O)CC(CC(N)=O)N1. The van der Waals surface area contributed by atoms with E-state index in [0.29, 0.717) is 16.5 Å². The average molecular weight is 387 g/mol. The Balaban J connectivity index is 1.88. The number of hydrogen-bond donors (Lipinski definition) is 4. The van der Waals surface area contributed by atoms with E-state index in [1.807, 2.05) is 0 Å². The number of carbonyl (C=O) groups is 3. The summed E-state index contributed by atoms with van der Waals surface area (Å²) >= 11 is 7.12. The Labute approximate surface area is 154 Å².